The first-order valence-corrected chi connectivity index (χ1v) is 7.31. The number of carbonyl (C=O) groups is 1. The monoisotopic (exact) mass is 295 g/mol. The molecule has 0 heterocycles. The Morgan fingerprint density at radius 2 is 1.86 bits per heavy atom. The van der Waals surface area contributed by atoms with Crippen LogP contribution in [0.2, 0.25) is 0 Å². The number of halogens is 2. The third-order valence-corrected chi connectivity index (χ3v) is 4.94. The van der Waals surface area contributed by atoms with E-state index >= 15 is 0 Å². The maximum atomic E-state index is 13.2. The molecule has 0 radical (unpaired) electrons. The Balaban J connectivity index is 1.54. The van der Waals surface area contributed by atoms with Crippen molar-refractivity contribution in [2.75, 3.05) is 0 Å². The number of benzene rings is 1. The van der Waals surface area contributed by atoms with Crippen molar-refractivity contribution in [2.45, 2.75) is 50.7 Å². The number of hydrogen-bond acceptors (Lipinski definition) is 2. The number of hydrogen-bond donors (Lipinski definition) is 1. The Bertz CT molecular complexity index is 510. The molecule has 1 aromatic rings. The maximum Gasteiger partial charge on any atom is 0.407 e. The van der Waals surface area contributed by atoms with E-state index in [0.29, 0.717) is 32.1 Å². The Kier molecular flexibility index (Phi) is 3.59. The zero-order chi connectivity index (χ0) is 14.9. The van der Waals surface area contributed by atoms with Crippen molar-refractivity contribution >= 4 is 6.09 Å². The summed E-state index contributed by atoms with van der Waals surface area (Å²) in [7, 11) is 0. The normalized spacial score (nSPS) is 30.6. The first-order valence-electron chi connectivity index (χ1n) is 7.31. The second-order valence-electron chi connectivity index (χ2n) is 6.31. The number of alkyl carbamates (subject to hydrolysis) is 1. The van der Waals surface area contributed by atoms with Gasteiger partial charge in [-0.3, -0.25) is 0 Å². The highest BCUT2D eigenvalue weighted by atomic mass is 19.3. The number of ether oxygens (including phenoxy) is 1. The van der Waals surface area contributed by atoms with E-state index in [1.807, 2.05) is 30.3 Å². The zero-order valence-electron chi connectivity index (χ0n) is 11.8. The van der Waals surface area contributed by atoms with Crippen molar-refractivity contribution in [3.05, 3.63) is 35.9 Å². The highest BCUT2D eigenvalue weighted by molar-refractivity contribution is 5.68. The molecular weight excluding hydrogens is 276 g/mol. The van der Waals surface area contributed by atoms with Crippen LogP contribution < -0.4 is 5.32 Å². The Morgan fingerprint density at radius 3 is 2.43 bits per heavy atom. The molecule has 5 heteroatoms. The van der Waals surface area contributed by atoms with E-state index in [9.17, 15) is 13.6 Å². The quantitative estimate of drug-likeness (QED) is 0.915. The van der Waals surface area contributed by atoms with Gasteiger partial charge in [-0.15, -0.1) is 0 Å². The van der Waals surface area contributed by atoms with Crippen LogP contribution in [0.5, 0.6) is 0 Å². The third kappa shape index (κ3) is 2.74. The van der Waals surface area contributed by atoms with Crippen LogP contribution in [-0.2, 0) is 11.3 Å². The minimum Gasteiger partial charge on any atom is -0.445 e. The lowest BCUT2D eigenvalue weighted by Gasteiger charge is -2.27. The third-order valence-electron chi connectivity index (χ3n) is 4.94. The van der Waals surface area contributed by atoms with Crippen molar-refractivity contribution in [3.63, 3.8) is 0 Å². The summed E-state index contributed by atoms with van der Waals surface area (Å²) in [6.45, 7) is 0.197. The molecule has 0 aromatic heterocycles. The van der Waals surface area contributed by atoms with E-state index in [1.165, 1.54) is 0 Å². The Hall–Kier alpha value is -1.65. The summed E-state index contributed by atoms with van der Waals surface area (Å²) in [6, 6.07) is 9.39. The molecule has 0 unspecified atom stereocenters. The van der Waals surface area contributed by atoms with Crippen LogP contribution in [0.1, 0.15) is 37.7 Å². The van der Waals surface area contributed by atoms with Gasteiger partial charge in [0.05, 0.1) is 0 Å². The zero-order valence-corrected chi connectivity index (χ0v) is 11.8. The van der Waals surface area contributed by atoms with Gasteiger partial charge in [0, 0.05) is 11.0 Å². The van der Waals surface area contributed by atoms with Gasteiger partial charge in [0.25, 0.3) is 0 Å². The minimum absolute atomic E-state index is 0.197. The fourth-order valence-corrected chi connectivity index (χ4v) is 3.69. The molecule has 3 nitrogen and oxygen atoms in total. The number of alkyl halides is 2. The lowest BCUT2D eigenvalue weighted by Crippen LogP contribution is -2.45. The molecule has 2 aliphatic carbocycles. The molecule has 114 valence electrons. The minimum atomic E-state index is -2.30. The van der Waals surface area contributed by atoms with Crippen molar-refractivity contribution in [1.29, 1.82) is 0 Å². The summed E-state index contributed by atoms with van der Waals surface area (Å²) in [6.07, 6.45) is -0.212. The van der Waals surface area contributed by atoms with Crippen LogP contribution in [0.4, 0.5) is 13.6 Å². The van der Waals surface area contributed by atoms with Crippen LogP contribution in [-0.4, -0.2) is 18.1 Å². The van der Waals surface area contributed by atoms with Gasteiger partial charge in [-0.1, -0.05) is 30.3 Å². The highest BCUT2D eigenvalue weighted by Gasteiger charge is 2.59. The van der Waals surface area contributed by atoms with Crippen LogP contribution in [0.25, 0.3) is 0 Å². The van der Waals surface area contributed by atoms with E-state index in [2.05, 4.69) is 5.32 Å². The Morgan fingerprint density at radius 1 is 1.19 bits per heavy atom. The standard InChI is InChI=1S/C16H19F2NO2/c17-13(18)15-6-8-16(11-15,9-7-15)19-14(20)21-10-12-4-2-1-3-5-12/h1-5,13H,6-11H2,(H,19,20). The van der Waals surface area contributed by atoms with Crippen molar-refractivity contribution in [2.24, 2.45) is 5.41 Å². The lowest BCUT2D eigenvalue weighted by atomic mass is 9.84. The summed E-state index contributed by atoms with van der Waals surface area (Å²) < 4.78 is 31.5. The molecule has 21 heavy (non-hydrogen) atoms. The predicted octanol–water partition coefficient (Wildman–Crippen LogP) is 3.88. The average Bonchev–Trinajstić information content (AvgIpc) is 3.03. The average molecular weight is 295 g/mol. The SMILES string of the molecule is O=C(NC12CCC(C(F)F)(CC1)C2)OCc1ccccc1. The molecule has 3 rings (SSSR count). The number of fused-ring (bicyclic) bond motifs is 2. The molecular formula is C16H19F2NO2. The summed E-state index contributed by atoms with van der Waals surface area (Å²) in [5, 5.41) is 2.84. The first-order chi connectivity index (χ1) is 10.0. The van der Waals surface area contributed by atoms with E-state index in [0.717, 1.165) is 5.56 Å². The van der Waals surface area contributed by atoms with Gasteiger partial charge < -0.3 is 10.1 Å². The fraction of sp³-hybridized carbons (Fsp3) is 0.562. The van der Waals surface area contributed by atoms with E-state index < -0.39 is 23.5 Å². The molecule has 0 atom stereocenters. The van der Waals surface area contributed by atoms with Crippen LogP contribution in [0.3, 0.4) is 0 Å². The van der Waals surface area contributed by atoms with Crippen LogP contribution >= 0.6 is 0 Å². The molecule has 0 spiro atoms. The first kappa shape index (κ1) is 14.3. The molecule has 1 aromatic carbocycles. The summed E-state index contributed by atoms with van der Waals surface area (Å²) >= 11 is 0. The summed E-state index contributed by atoms with van der Waals surface area (Å²) in [4.78, 5) is 11.9. The summed E-state index contributed by atoms with van der Waals surface area (Å²) in [5.74, 6) is 0. The van der Waals surface area contributed by atoms with Crippen molar-refractivity contribution < 1.29 is 18.3 Å². The fourth-order valence-electron chi connectivity index (χ4n) is 3.69. The topological polar surface area (TPSA) is 38.3 Å². The van der Waals surface area contributed by atoms with Gasteiger partial charge in [0.1, 0.15) is 6.61 Å². The van der Waals surface area contributed by atoms with Gasteiger partial charge in [-0.2, -0.15) is 0 Å². The van der Waals surface area contributed by atoms with E-state index in [4.69, 9.17) is 4.74 Å². The smallest absolute Gasteiger partial charge is 0.407 e. The molecule has 0 saturated heterocycles. The lowest BCUT2D eigenvalue weighted by molar-refractivity contribution is 0.00161. The molecule has 2 bridgehead atoms. The highest BCUT2D eigenvalue weighted by Crippen LogP contribution is 2.59. The predicted molar refractivity (Wildman–Crippen MR) is 74.0 cm³/mol. The molecule has 0 aliphatic heterocycles. The van der Waals surface area contributed by atoms with Gasteiger partial charge in [0.2, 0.25) is 6.43 Å². The number of rotatable bonds is 4. The molecule has 1 N–H and O–H groups in total. The second-order valence-corrected chi connectivity index (χ2v) is 6.31. The molecule has 2 fully saturated rings. The second kappa shape index (κ2) is 5.28. The van der Waals surface area contributed by atoms with E-state index in [1.54, 1.807) is 0 Å². The van der Waals surface area contributed by atoms with Gasteiger partial charge in [-0.25, -0.2) is 13.6 Å². The van der Waals surface area contributed by atoms with Crippen LogP contribution in [0, 0.1) is 5.41 Å². The molecule has 1 amide bonds. The number of amides is 1. The number of carbonyl (C=O) groups excluding carboxylic acids is 1. The van der Waals surface area contributed by atoms with E-state index in [-0.39, 0.29) is 6.61 Å². The van der Waals surface area contributed by atoms with Crippen molar-refractivity contribution in [3.8, 4) is 0 Å². The van der Waals surface area contributed by atoms with Gasteiger partial charge in [0.15, 0.2) is 0 Å². The summed E-state index contributed by atoms with van der Waals surface area (Å²) in [5.41, 5.74) is -0.457. The van der Waals surface area contributed by atoms with Crippen molar-refractivity contribution in [1.82, 2.24) is 5.32 Å². The van der Waals surface area contributed by atoms with Gasteiger partial charge in [-0.05, 0) is 37.7 Å². The van der Waals surface area contributed by atoms with Gasteiger partial charge >= 0.3 is 6.09 Å². The largest absolute Gasteiger partial charge is 0.445 e. The molecule has 2 saturated carbocycles. The Labute approximate surface area is 122 Å². The maximum absolute atomic E-state index is 13.2. The van der Waals surface area contributed by atoms with Crippen LogP contribution in [0.15, 0.2) is 30.3 Å². The number of nitrogens with one attached hydrogen (secondary N) is 1. The molecule has 2 aliphatic rings.